The van der Waals surface area contributed by atoms with Gasteiger partial charge in [0.2, 0.25) is 0 Å². The van der Waals surface area contributed by atoms with Crippen molar-refractivity contribution < 1.29 is 9.53 Å². The second kappa shape index (κ2) is 6.65. The molecule has 1 aliphatic rings. The molecule has 118 valence electrons. The molecule has 0 saturated carbocycles. The lowest BCUT2D eigenvalue weighted by Crippen LogP contribution is -2.34. The highest BCUT2D eigenvalue weighted by molar-refractivity contribution is 6.03. The normalized spacial score (nSPS) is 15.5. The number of carbonyl (C=O) groups is 1. The van der Waals surface area contributed by atoms with Crippen LogP contribution in [0.15, 0.2) is 54.6 Å². The second-order valence-corrected chi connectivity index (χ2v) is 5.65. The number of benzene rings is 2. The summed E-state index contributed by atoms with van der Waals surface area (Å²) in [6.45, 7) is 0.750. The summed E-state index contributed by atoms with van der Waals surface area (Å²) in [5, 5.41) is 8.16. The van der Waals surface area contributed by atoms with Crippen LogP contribution in [0.4, 0.5) is 0 Å². The monoisotopic (exact) mass is 308 g/mol. The van der Waals surface area contributed by atoms with Gasteiger partial charge in [-0.15, -0.1) is 0 Å². The number of nitrogens with zero attached hydrogens (tertiary/aromatic N) is 1. The highest BCUT2D eigenvalue weighted by atomic mass is 16.5. The Kier molecular flexibility index (Phi) is 4.42. The molecule has 0 spiro atoms. The van der Waals surface area contributed by atoms with Crippen LogP contribution in [0.3, 0.4) is 0 Å². The van der Waals surface area contributed by atoms with Crippen LogP contribution < -0.4 is 4.74 Å². The molecular formula is C19H20N2O2. The maximum Gasteiger partial charge on any atom is 0.189 e. The van der Waals surface area contributed by atoms with Crippen molar-refractivity contribution in [2.45, 2.75) is 18.9 Å². The Morgan fingerprint density at radius 1 is 1.13 bits per heavy atom. The summed E-state index contributed by atoms with van der Waals surface area (Å²) in [6, 6.07) is 16.5. The molecule has 0 amide bonds. The van der Waals surface area contributed by atoms with Crippen molar-refractivity contribution in [1.29, 1.82) is 5.41 Å². The largest absolute Gasteiger partial charge is 0.497 e. The molecule has 4 heteroatoms. The maximum absolute atomic E-state index is 13.1. The van der Waals surface area contributed by atoms with Gasteiger partial charge in [-0.3, -0.25) is 10.2 Å². The number of Topliss-reactive ketones (excluding diaryl/α,β-unsaturated/α-hetero) is 1. The summed E-state index contributed by atoms with van der Waals surface area (Å²) in [5.41, 5.74) is 1.57. The van der Waals surface area contributed by atoms with E-state index in [1.807, 2.05) is 35.2 Å². The molecular weight excluding hydrogens is 288 g/mol. The summed E-state index contributed by atoms with van der Waals surface area (Å²) in [4.78, 5) is 15.0. The quantitative estimate of drug-likeness (QED) is 0.857. The van der Waals surface area contributed by atoms with Crippen molar-refractivity contribution in [1.82, 2.24) is 4.90 Å². The van der Waals surface area contributed by atoms with E-state index in [0.29, 0.717) is 11.4 Å². The molecule has 0 aromatic heterocycles. The lowest BCUT2D eigenvalue weighted by Gasteiger charge is -2.28. The van der Waals surface area contributed by atoms with Gasteiger partial charge in [-0.05, 0) is 36.2 Å². The number of nitrogens with one attached hydrogen (secondary N) is 1. The molecule has 2 aromatic rings. The maximum atomic E-state index is 13.1. The van der Waals surface area contributed by atoms with Crippen LogP contribution >= 0.6 is 0 Å². The zero-order valence-electron chi connectivity index (χ0n) is 13.2. The number of rotatable bonds is 5. The topological polar surface area (TPSA) is 53.4 Å². The Bertz CT molecular complexity index is 695. The summed E-state index contributed by atoms with van der Waals surface area (Å²) < 4.78 is 5.16. The average Bonchev–Trinajstić information content (AvgIpc) is 3.02. The van der Waals surface area contributed by atoms with E-state index in [9.17, 15) is 4.79 Å². The van der Waals surface area contributed by atoms with Crippen LogP contribution in [0.2, 0.25) is 0 Å². The zero-order chi connectivity index (χ0) is 16.2. The highest BCUT2D eigenvalue weighted by Gasteiger charge is 2.32. The zero-order valence-corrected chi connectivity index (χ0v) is 13.2. The Balaban J connectivity index is 1.96. The van der Waals surface area contributed by atoms with Crippen molar-refractivity contribution in [3.05, 3.63) is 65.7 Å². The SMILES string of the molecule is COc1ccc(C(=O)C(c2ccccc2)N2CCCC2=N)cc1. The van der Waals surface area contributed by atoms with Gasteiger partial charge in [0.05, 0.1) is 12.9 Å². The van der Waals surface area contributed by atoms with Gasteiger partial charge < -0.3 is 9.64 Å². The minimum atomic E-state index is -0.431. The smallest absolute Gasteiger partial charge is 0.189 e. The third kappa shape index (κ3) is 3.11. The molecule has 2 aromatic carbocycles. The lowest BCUT2D eigenvalue weighted by molar-refractivity contribution is 0.0893. The second-order valence-electron chi connectivity index (χ2n) is 5.65. The van der Waals surface area contributed by atoms with Gasteiger partial charge in [0, 0.05) is 18.5 Å². The Hall–Kier alpha value is -2.62. The van der Waals surface area contributed by atoms with Crippen LogP contribution in [-0.4, -0.2) is 30.2 Å². The average molecular weight is 308 g/mol. The van der Waals surface area contributed by atoms with Crippen LogP contribution in [-0.2, 0) is 0 Å². The van der Waals surface area contributed by atoms with Gasteiger partial charge in [-0.1, -0.05) is 30.3 Å². The number of carbonyl (C=O) groups excluding carboxylic acids is 1. The number of methoxy groups -OCH3 is 1. The molecule has 1 aliphatic heterocycles. The van der Waals surface area contributed by atoms with Gasteiger partial charge in [0.25, 0.3) is 0 Å². The molecule has 0 aliphatic carbocycles. The summed E-state index contributed by atoms with van der Waals surface area (Å²) in [7, 11) is 1.61. The van der Waals surface area contributed by atoms with Crippen molar-refractivity contribution in [3.8, 4) is 5.75 Å². The number of hydrogen-bond donors (Lipinski definition) is 1. The first kappa shape index (κ1) is 15.3. The van der Waals surface area contributed by atoms with E-state index >= 15 is 0 Å². The fourth-order valence-corrected chi connectivity index (χ4v) is 3.00. The van der Waals surface area contributed by atoms with Crippen LogP contribution in [0, 0.1) is 5.41 Å². The van der Waals surface area contributed by atoms with E-state index in [-0.39, 0.29) is 5.78 Å². The Labute approximate surface area is 136 Å². The number of ketones is 1. The Morgan fingerprint density at radius 2 is 1.83 bits per heavy atom. The van der Waals surface area contributed by atoms with Crippen molar-refractivity contribution in [3.63, 3.8) is 0 Å². The standard InChI is InChI=1S/C19H20N2O2/c1-23-16-11-9-15(10-12-16)19(22)18(14-6-3-2-4-7-14)21-13-5-8-17(21)20/h2-4,6-7,9-12,18,20H,5,8,13H2,1H3. The lowest BCUT2D eigenvalue weighted by atomic mass is 9.96. The van der Waals surface area contributed by atoms with E-state index in [1.54, 1.807) is 31.4 Å². The molecule has 4 nitrogen and oxygen atoms in total. The number of likely N-dealkylation sites (tertiary alicyclic amines) is 1. The molecule has 0 bridgehead atoms. The molecule has 1 heterocycles. The van der Waals surface area contributed by atoms with Crippen LogP contribution in [0.5, 0.6) is 5.75 Å². The molecule has 1 atom stereocenters. The van der Waals surface area contributed by atoms with E-state index in [4.69, 9.17) is 10.1 Å². The molecule has 23 heavy (non-hydrogen) atoms. The molecule has 1 saturated heterocycles. The van der Waals surface area contributed by atoms with E-state index in [1.165, 1.54) is 0 Å². The summed E-state index contributed by atoms with van der Waals surface area (Å²) in [5.74, 6) is 1.29. The van der Waals surface area contributed by atoms with Gasteiger partial charge in [0.1, 0.15) is 11.8 Å². The minimum absolute atomic E-state index is 0.0190. The predicted molar refractivity (Wildman–Crippen MR) is 90.2 cm³/mol. The Morgan fingerprint density at radius 3 is 2.39 bits per heavy atom. The first-order valence-corrected chi connectivity index (χ1v) is 7.78. The van der Waals surface area contributed by atoms with Gasteiger partial charge in [0.15, 0.2) is 5.78 Å². The highest BCUT2D eigenvalue weighted by Crippen LogP contribution is 2.30. The molecule has 1 fully saturated rings. The van der Waals surface area contributed by atoms with Crippen molar-refractivity contribution in [2.24, 2.45) is 0 Å². The number of amidine groups is 1. The van der Waals surface area contributed by atoms with Crippen molar-refractivity contribution in [2.75, 3.05) is 13.7 Å². The third-order valence-electron chi connectivity index (χ3n) is 4.21. The summed E-state index contributed by atoms with van der Waals surface area (Å²) >= 11 is 0. The molecule has 3 rings (SSSR count). The third-order valence-corrected chi connectivity index (χ3v) is 4.21. The first-order valence-electron chi connectivity index (χ1n) is 7.78. The van der Waals surface area contributed by atoms with Crippen LogP contribution in [0.25, 0.3) is 0 Å². The fourth-order valence-electron chi connectivity index (χ4n) is 3.00. The van der Waals surface area contributed by atoms with E-state index < -0.39 is 6.04 Å². The summed E-state index contributed by atoms with van der Waals surface area (Å²) in [6.07, 6.45) is 1.66. The fraction of sp³-hybridized carbons (Fsp3) is 0.263. The van der Waals surface area contributed by atoms with Gasteiger partial charge >= 0.3 is 0 Å². The number of ether oxygens (including phenoxy) is 1. The van der Waals surface area contributed by atoms with Crippen LogP contribution in [0.1, 0.15) is 34.8 Å². The van der Waals surface area contributed by atoms with E-state index in [0.717, 1.165) is 30.7 Å². The molecule has 0 radical (unpaired) electrons. The minimum Gasteiger partial charge on any atom is -0.497 e. The van der Waals surface area contributed by atoms with Gasteiger partial charge in [-0.25, -0.2) is 0 Å². The van der Waals surface area contributed by atoms with E-state index in [2.05, 4.69) is 0 Å². The first-order chi connectivity index (χ1) is 11.2. The molecule has 1 N–H and O–H groups in total. The predicted octanol–water partition coefficient (Wildman–Crippen LogP) is 3.69. The number of hydrogen-bond acceptors (Lipinski definition) is 3. The van der Waals surface area contributed by atoms with Crippen molar-refractivity contribution >= 4 is 11.6 Å². The van der Waals surface area contributed by atoms with Gasteiger partial charge in [-0.2, -0.15) is 0 Å². The molecule has 1 unspecified atom stereocenters.